The van der Waals surface area contributed by atoms with Crippen molar-refractivity contribution in [2.75, 3.05) is 5.32 Å². The average Bonchev–Trinajstić information content (AvgIpc) is 3.06. The molecule has 1 aliphatic rings. The Labute approximate surface area is 130 Å². The molecular formula is C15H13N3O3S. The molecule has 1 aromatic carbocycles. The molecule has 0 unspecified atom stereocenters. The van der Waals surface area contributed by atoms with Crippen molar-refractivity contribution in [3.05, 3.63) is 56.6 Å². The van der Waals surface area contributed by atoms with Crippen LogP contribution in [-0.4, -0.2) is 15.8 Å². The third kappa shape index (κ3) is 3.04. The van der Waals surface area contributed by atoms with E-state index >= 15 is 0 Å². The van der Waals surface area contributed by atoms with Crippen LogP contribution in [0.3, 0.4) is 0 Å². The Balaban J connectivity index is 1.70. The van der Waals surface area contributed by atoms with Gasteiger partial charge in [-0.3, -0.25) is 20.2 Å². The molecule has 7 heteroatoms. The van der Waals surface area contributed by atoms with Gasteiger partial charge >= 0.3 is 0 Å². The number of carbonyl (C=O) groups is 1. The maximum Gasteiger partial charge on any atom is 0.276 e. The standard InChI is InChI=1S/C15H13N3O3S/c19-14(17-15-16-11-5-3-7-13(11)22-15)9-8-10-4-1-2-6-12(10)18(20)21/h1-2,4,6,8-9H,3,5,7H2,(H,16,17,19). The molecule has 0 bridgehead atoms. The minimum atomic E-state index is -0.469. The van der Waals surface area contributed by atoms with Gasteiger partial charge in [-0.2, -0.15) is 0 Å². The summed E-state index contributed by atoms with van der Waals surface area (Å²) in [4.78, 5) is 27.9. The van der Waals surface area contributed by atoms with Crippen LogP contribution in [0.5, 0.6) is 0 Å². The van der Waals surface area contributed by atoms with Crippen LogP contribution >= 0.6 is 11.3 Å². The molecule has 0 atom stereocenters. The zero-order valence-electron chi connectivity index (χ0n) is 11.6. The summed E-state index contributed by atoms with van der Waals surface area (Å²) < 4.78 is 0. The Hall–Kier alpha value is -2.54. The number of nitro benzene ring substituents is 1. The van der Waals surface area contributed by atoms with Crippen LogP contribution in [0, 0.1) is 10.1 Å². The summed E-state index contributed by atoms with van der Waals surface area (Å²) in [7, 11) is 0. The van der Waals surface area contributed by atoms with Crippen molar-refractivity contribution < 1.29 is 9.72 Å². The summed E-state index contributed by atoms with van der Waals surface area (Å²) in [6.45, 7) is 0. The first-order valence-electron chi connectivity index (χ1n) is 6.84. The van der Waals surface area contributed by atoms with Gasteiger partial charge in [-0.25, -0.2) is 4.98 Å². The molecule has 1 N–H and O–H groups in total. The molecule has 0 spiro atoms. The van der Waals surface area contributed by atoms with Crippen molar-refractivity contribution >= 4 is 34.1 Å². The lowest BCUT2D eigenvalue weighted by Gasteiger charge is -1.98. The van der Waals surface area contributed by atoms with E-state index in [4.69, 9.17) is 0 Å². The fraction of sp³-hybridized carbons (Fsp3) is 0.200. The average molecular weight is 315 g/mol. The van der Waals surface area contributed by atoms with E-state index in [2.05, 4.69) is 10.3 Å². The van der Waals surface area contributed by atoms with Crippen LogP contribution in [0.25, 0.3) is 6.08 Å². The van der Waals surface area contributed by atoms with Crippen molar-refractivity contribution in [1.29, 1.82) is 0 Å². The smallest absolute Gasteiger partial charge is 0.276 e. The monoisotopic (exact) mass is 315 g/mol. The number of nitrogens with one attached hydrogen (secondary N) is 1. The number of para-hydroxylation sites is 1. The zero-order valence-corrected chi connectivity index (χ0v) is 12.4. The molecule has 112 valence electrons. The Morgan fingerprint density at radius 3 is 2.95 bits per heavy atom. The second-order valence-corrected chi connectivity index (χ2v) is 5.96. The molecule has 3 rings (SSSR count). The highest BCUT2D eigenvalue weighted by Crippen LogP contribution is 2.30. The number of aryl methyl sites for hydroxylation is 2. The largest absolute Gasteiger partial charge is 0.298 e. The second kappa shape index (κ2) is 6.07. The summed E-state index contributed by atoms with van der Waals surface area (Å²) in [5.74, 6) is -0.342. The first-order valence-corrected chi connectivity index (χ1v) is 7.66. The first-order chi connectivity index (χ1) is 10.6. The summed E-state index contributed by atoms with van der Waals surface area (Å²) in [6.07, 6.45) is 5.84. The van der Waals surface area contributed by atoms with Crippen molar-refractivity contribution in [2.24, 2.45) is 0 Å². The molecule has 0 aliphatic heterocycles. The molecule has 1 aliphatic carbocycles. The van der Waals surface area contributed by atoms with Gasteiger partial charge < -0.3 is 0 Å². The number of thiazole rings is 1. The lowest BCUT2D eigenvalue weighted by molar-refractivity contribution is -0.385. The van der Waals surface area contributed by atoms with E-state index < -0.39 is 4.92 Å². The third-order valence-electron chi connectivity index (χ3n) is 3.37. The number of hydrogen-bond acceptors (Lipinski definition) is 5. The topological polar surface area (TPSA) is 85.1 Å². The number of amides is 1. The predicted octanol–water partition coefficient (Wildman–Crippen LogP) is 3.19. The van der Waals surface area contributed by atoms with Crippen molar-refractivity contribution in [3.63, 3.8) is 0 Å². The molecule has 6 nitrogen and oxygen atoms in total. The lowest BCUT2D eigenvalue weighted by Crippen LogP contribution is -2.07. The fourth-order valence-electron chi connectivity index (χ4n) is 2.35. The van der Waals surface area contributed by atoms with E-state index in [1.165, 1.54) is 34.4 Å². The Morgan fingerprint density at radius 2 is 2.18 bits per heavy atom. The zero-order chi connectivity index (χ0) is 15.5. The number of rotatable bonds is 4. The number of nitrogens with zero attached hydrogens (tertiary/aromatic N) is 2. The Morgan fingerprint density at radius 1 is 1.36 bits per heavy atom. The first kappa shape index (κ1) is 14.4. The van der Waals surface area contributed by atoms with E-state index in [9.17, 15) is 14.9 Å². The third-order valence-corrected chi connectivity index (χ3v) is 4.45. The second-order valence-electron chi connectivity index (χ2n) is 4.88. The van der Waals surface area contributed by atoms with Gasteiger partial charge in [-0.05, 0) is 31.4 Å². The number of fused-ring (bicyclic) bond motifs is 1. The van der Waals surface area contributed by atoms with E-state index in [-0.39, 0.29) is 11.6 Å². The van der Waals surface area contributed by atoms with Crippen molar-refractivity contribution in [1.82, 2.24) is 4.98 Å². The molecular weight excluding hydrogens is 302 g/mol. The number of anilines is 1. The van der Waals surface area contributed by atoms with Gasteiger partial charge in [-0.15, -0.1) is 11.3 Å². The Kier molecular flexibility index (Phi) is 3.97. The highest BCUT2D eigenvalue weighted by molar-refractivity contribution is 7.15. The van der Waals surface area contributed by atoms with Gasteiger partial charge in [0.2, 0.25) is 5.91 Å². The van der Waals surface area contributed by atoms with Crippen LogP contribution in [0.2, 0.25) is 0 Å². The highest BCUT2D eigenvalue weighted by atomic mass is 32.1. The molecule has 1 heterocycles. The van der Waals surface area contributed by atoms with E-state index in [0.717, 1.165) is 25.0 Å². The number of hydrogen-bond donors (Lipinski definition) is 1. The summed E-state index contributed by atoms with van der Waals surface area (Å²) in [5.41, 5.74) is 1.44. The molecule has 22 heavy (non-hydrogen) atoms. The van der Waals surface area contributed by atoms with Crippen LogP contribution < -0.4 is 5.32 Å². The van der Waals surface area contributed by atoms with Gasteiger partial charge in [0, 0.05) is 17.0 Å². The molecule has 0 radical (unpaired) electrons. The van der Waals surface area contributed by atoms with Crippen molar-refractivity contribution in [3.8, 4) is 0 Å². The number of benzene rings is 1. The molecule has 0 fully saturated rings. The Bertz CT molecular complexity index is 746. The van der Waals surface area contributed by atoms with E-state index in [1.54, 1.807) is 18.2 Å². The van der Waals surface area contributed by atoms with Gasteiger partial charge in [0.25, 0.3) is 5.69 Å². The number of nitro groups is 1. The maximum absolute atomic E-state index is 11.9. The highest BCUT2D eigenvalue weighted by Gasteiger charge is 2.17. The van der Waals surface area contributed by atoms with Crippen LogP contribution in [-0.2, 0) is 17.6 Å². The van der Waals surface area contributed by atoms with Crippen LogP contribution in [0.4, 0.5) is 10.8 Å². The van der Waals surface area contributed by atoms with Crippen LogP contribution in [0.1, 0.15) is 22.6 Å². The normalized spacial score (nSPS) is 13.3. The van der Waals surface area contributed by atoms with E-state index in [0.29, 0.717) is 10.7 Å². The predicted molar refractivity (Wildman–Crippen MR) is 84.9 cm³/mol. The van der Waals surface area contributed by atoms with Crippen LogP contribution in [0.15, 0.2) is 30.3 Å². The van der Waals surface area contributed by atoms with Gasteiger partial charge in [0.05, 0.1) is 16.2 Å². The quantitative estimate of drug-likeness (QED) is 0.533. The van der Waals surface area contributed by atoms with Crippen molar-refractivity contribution in [2.45, 2.75) is 19.3 Å². The minimum absolute atomic E-state index is 0.0280. The summed E-state index contributed by atoms with van der Waals surface area (Å²) >= 11 is 1.49. The summed E-state index contributed by atoms with van der Waals surface area (Å²) in [5, 5.41) is 14.2. The number of carbonyl (C=O) groups excluding carboxylic acids is 1. The van der Waals surface area contributed by atoms with E-state index in [1.807, 2.05) is 0 Å². The molecule has 2 aromatic rings. The SMILES string of the molecule is O=C(C=Cc1ccccc1[N+](=O)[O-])Nc1nc2c(s1)CCC2. The molecule has 1 aromatic heterocycles. The van der Waals surface area contributed by atoms with Gasteiger partial charge in [0.1, 0.15) is 0 Å². The molecule has 1 amide bonds. The number of aromatic nitrogens is 1. The fourth-order valence-corrected chi connectivity index (χ4v) is 3.40. The summed E-state index contributed by atoms with van der Waals surface area (Å²) in [6, 6.07) is 6.28. The van der Waals surface area contributed by atoms with Gasteiger partial charge in [-0.1, -0.05) is 12.1 Å². The maximum atomic E-state index is 11.9. The minimum Gasteiger partial charge on any atom is -0.298 e. The lowest BCUT2D eigenvalue weighted by atomic mass is 10.1. The van der Waals surface area contributed by atoms with Gasteiger partial charge in [0.15, 0.2) is 5.13 Å². The molecule has 0 saturated carbocycles. The molecule has 0 saturated heterocycles.